The van der Waals surface area contributed by atoms with Crippen LogP contribution in [0.3, 0.4) is 0 Å². The van der Waals surface area contributed by atoms with Crippen LogP contribution in [-0.4, -0.2) is 44.9 Å². The fourth-order valence-corrected chi connectivity index (χ4v) is 5.20. The molecule has 0 saturated carbocycles. The van der Waals surface area contributed by atoms with E-state index in [4.69, 9.17) is 10.5 Å². The van der Waals surface area contributed by atoms with Crippen molar-refractivity contribution in [2.45, 2.75) is 43.6 Å². The second-order valence-electron chi connectivity index (χ2n) is 6.92. The third-order valence-electron chi connectivity index (χ3n) is 5.28. The standard InChI is InChI=1S/C17H24F2N2O3S/c1-11-10-21(7-6-13(11)9-20)25(22,23)14-3-5-15-12(8-14)2-4-16(24-15)17(18)19/h3,5,8,11,13,16-17H,2,4,6-7,9-10,20H2,1H3. The van der Waals surface area contributed by atoms with E-state index in [2.05, 4.69) is 0 Å². The summed E-state index contributed by atoms with van der Waals surface area (Å²) in [5.74, 6) is 0.904. The highest BCUT2D eigenvalue weighted by atomic mass is 32.2. The zero-order valence-electron chi connectivity index (χ0n) is 14.2. The van der Waals surface area contributed by atoms with Gasteiger partial charge >= 0.3 is 0 Å². The summed E-state index contributed by atoms with van der Waals surface area (Å²) in [6.45, 7) is 3.49. The van der Waals surface area contributed by atoms with Gasteiger partial charge in [-0.3, -0.25) is 0 Å². The highest BCUT2D eigenvalue weighted by Gasteiger charge is 2.34. The Morgan fingerprint density at radius 1 is 1.36 bits per heavy atom. The minimum absolute atomic E-state index is 0.188. The van der Waals surface area contributed by atoms with Gasteiger partial charge in [0.2, 0.25) is 10.0 Å². The Bertz CT molecular complexity index is 727. The summed E-state index contributed by atoms with van der Waals surface area (Å²) in [7, 11) is -3.60. The molecule has 1 fully saturated rings. The lowest BCUT2D eigenvalue weighted by molar-refractivity contribution is 0.000533. The Morgan fingerprint density at radius 3 is 2.76 bits per heavy atom. The summed E-state index contributed by atoms with van der Waals surface area (Å²) in [6.07, 6.45) is -2.33. The first kappa shape index (κ1) is 18.5. The number of piperidine rings is 1. The molecule has 2 heterocycles. The van der Waals surface area contributed by atoms with E-state index in [0.29, 0.717) is 43.3 Å². The highest BCUT2D eigenvalue weighted by molar-refractivity contribution is 7.89. The van der Waals surface area contributed by atoms with Crippen molar-refractivity contribution in [3.8, 4) is 5.75 Å². The van der Waals surface area contributed by atoms with Crippen molar-refractivity contribution in [2.75, 3.05) is 19.6 Å². The van der Waals surface area contributed by atoms with Crippen molar-refractivity contribution in [2.24, 2.45) is 17.6 Å². The molecule has 2 aliphatic rings. The van der Waals surface area contributed by atoms with E-state index < -0.39 is 22.6 Å². The third kappa shape index (κ3) is 3.66. The Labute approximate surface area is 147 Å². The molecule has 8 heteroatoms. The second-order valence-corrected chi connectivity index (χ2v) is 8.86. The van der Waals surface area contributed by atoms with Crippen LogP contribution >= 0.6 is 0 Å². The number of nitrogens with two attached hydrogens (primary N) is 1. The van der Waals surface area contributed by atoms with Crippen LogP contribution in [0.15, 0.2) is 23.1 Å². The average Bonchev–Trinajstić information content (AvgIpc) is 2.60. The van der Waals surface area contributed by atoms with Crippen molar-refractivity contribution in [1.82, 2.24) is 4.31 Å². The normalized spacial score (nSPS) is 27.8. The van der Waals surface area contributed by atoms with Gasteiger partial charge in [0.05, 0.1) is 4.90 Å². The summed E-state index contributed by atoms with van der Waals surface area (Å²) >= 11 is 0. The van der Waals surface area contributed by atoms with Gasteiger partial charge in [0.1, 0.15) is 5.75 Å². The van der Waals surface area contributed by atoms with Crippen molar-refractivity contribution in [1.29, 1.82) is 0 Å². The summed E-state index contributed by atoms with van der Waals surface area (Å²) < 4.78 is 58.2. The molecule has 5 nitrogen and oxygen atoms in total. The zero-order valence-corrected chi connectivity index (χ0v) is 15.0. The number of hydrogen-bond donors (Lipinski definition) is 1. The summed E-state index contributed by atoms with van der Waals surface area (Å²) in [5.41, 5.74) is 6.40. The summed E-state index contributed by atoms with van der Waals surface area (Å²) in [5, 5.41) is 0. The molecule has 1 aromatic carbocycles. The number of halogens is 2. The molecular weight excluding hydrogens is 350 g/mol. The molecule has 2 N–H and O–H groups in total. The average molecular weight is 374 g/mol. The molecule has 1 saturated heterocycles. The molecule has 2 aliphatic heterocycles. The van der Waals surface area contributed by atoms with Crippen molar-refractivity contribution >= 4 is 10.0 Å². The maximum atomic E-state index is 12.9. The van der Waals surface area contributed by atoms with Crippen molar-refractivity contribution in [3.63, 3.8) is 0 Å². The van der Waals surface area contributed by atoms with Crippen LogP contribution in [0.2, 0.25) is 0 Å². The van der Waals surface area contributed by atoms with E-state index in [9.17, 15) is 17.2 Å². The van der Waals surface area contributed by atoms with Crippen LogP contribution in [-0.2, 0) is 16.4 Å². The second kappa shape index (κ2) is 7.17. The smallest absolute Gasteiger partial charge is 0.274 e. The molecule has 0 spiro atoms. The van der Waals surface area contributed by atoms with Crippen LogP contribution in [0.4, 0.5) is 8.78 Å². The minimum atomic E-state index is -3.60. The van der Waals surface area contributed by atoms with Crippen molar-refractivity contribution < 1.29 is 21.9 Å². The van der Waals surface area contributed by atoms with Gasteiger partial charge in [-0.15, -0.1) is 0 Å². The topological polar surface area (TPSA) is 72.6 Å². The molecule has 0 bridgehead atoms. The molecule has 1 aromatic rings. The number of ether oxygens (including phenoxy) is 1. The Morgan fingerprint density at radius 2 is 2.12 bits per heavy atom. The van der Waals surface area contributed by atoms with Crippen LogP contribution in [0, 0.1) is 11.8 Å². The number of hydrogen-bond acceptors (Lipinski definition) is 4. The monoisotopic (exact) mass is 374 g/mol. The van der Waals surface area contributed by atoms with Gasteiger partial charge in [-0.05, 0) is 61.4 Å². The predicted octanol–water partition coefficient (Wildman–Crippen LogP) is 2.25. The lowest BCUT2D eigenvalue weighted by Crippen LogP contribution is -2.44. The first-order valence-corrected chi connectivity index (χ1v) is 10.0. The third-order valence-corrected chi connectivity index (χ3v) is 7.14. The molecule has 140 valence electrons. The maximum absolute atomic E-state index is 12.9. The van der Waals surface area contributed by atoms with Gasteiger partial charge in [0.25, 0.3) is 6.43 Å². The maximum Gasteiger partial charge on any atom is 0.274 e. The van der Waals surface area contributed by atoms with Crippen LogP contribution in [0.25, 0.3) is 0 Å². The van der Waals surface area contributed by atoms with E-state index >= 15 is 0 Å². The van der Waals surface area contributed by atoms with Gasteiger partial charge in [-0.1, -0.05) is 6.92 Å². The number of nitrogens with zero attached hydrogens (tertiary/aromatic N) is 1. The Balaban J connectivity index is 1.80. The first-order chi connectivity index (χ1) is 11.8. The lowest BCUT2D eigenvalue weighted by Gasteiger charge is -2.35. The van der Waals surface area contributed by atoms with Gasteiger partial charge in [-0.2, -0.15) is 4.31 Å². The molecule has 3 unspecified atom stereocenters. The molecule has 0 amide bonds. The predicted molar refractivity (Wildman–Crippen MR) is 90.3 cm³/mol. The number of benzene rings is 1. The first-order valence-electron chi connectivity index (χ1n) is 8.61. The van der Waals surface area contributed by atoms with Crippen LogP contribution in [0.5, 0.6) is 5.75 Å². The molecule has 3 rings (SSSR count). The summed E-state index contributed by atoms with van der Waals surface area (Å²) in [6, 6.07) is 4.50. The van der Waals surface area contributed by atoms with Crippen LogP contribution in [0.1, 0.15) is 25.3 Å². The van der Waals surface area contributed by atoms with Gasteiger partial charge in [0, 0.05) is 13.1 Å². The SMILES string of the molecule is CC1CN(S(=O)(=O)c2ccc3c(c2)CCC(C(F)F)O3)CCC1CN. The van der Waals surface area contributed by atoms with E-state index in [1.807, 2.05) is 6.92 Å². The van der Waals surface area contributed by atoms with Gasteiger partial charge in [0.15, 0.2) is 6.10 Å². The number of aryl methyl sites for hydroxylation is 1. The van der Waals surface area contributed by atoms with E-state index in [1.54, 1.807) is 6.07 Å². The number of sulfonamides is 1. The quantitative estimate of drug-likeness (QED) is 0.877. The van der Waals surface area contributed by atoms with Crippen LogP contribution < -0.4 is 10.5 Å². The van der Waals surface area contributed by atoms with Gasteiger partial charge in [-0.25, -0.2) is 17.2 Å². The minimum Gasteiger partial charge on any atom is -0.484 e. The number of rotatable bonds is 4. The molecule has 0 radical (unpaired) electrons. The van der Waals surface area contributed by atoms with E-state index in [1.165, 1.54) is 16.4 Å². The summed E-state index contributed by atoms with van der Waals surface area (Å²) in [4.78, 5) is 0.198. The molecule has 0 aromatic heterocycles. The molecule has 0 aliphatic carbocycles. The van der Waals surface area contributed by atoms with E-state index in [-0.39, 0.29) is 17.2 Å². The molecule has 3 atom stereocenters. The molecule has 25 heavy (non-hydrogen) atoms. The van der Waals surface area contributed by atoms with E-state index in [0.717, 1.165) is 6.42 Å². The number of alkyl halides is 2. The fourth-order valence-electron chi connectivity index (χ4n) is 3.60. The Hall–Kier alpha value is -1.25. The van der Waals surface area contributed by atoms with Gasteiger partial charge < -0.3 is 10.5 Å². The molecular formula is C17H24F2N2O3S. The largest absolute Gasteiger partial charge is 0.484 e. The zero-order chi connectivity index (χ0) is 18.2. The number of fused-ring (bicyclic) bond motifs is 1. The van der Waals surface area contributed by atoms with Crippen molar-refractivity contribution in [3.05, 3.63) is 23.8 Å². The lowest BCUT2D eigenvalue weighted by atomic mass is 9.88. The highest BCUT2D eigenvalue weighted by Crippen LogP contribution is 2.33. The fraction of sp³-hybridized carbons (Fsp3) is 0.647. The Kier molecular flexibility index (Phi) is 5.31.